The molecule has 1 aromatic rings. The van der Waals surface area contributed by atoms with E-state index in [1.54, 1.807) is 6.07 Å². The fraction of sp³-hybridized carbons (Fsp3) is 0.429. The summed E-state index contributed by atoms with van der Waals surface area (Å²) in [7, 11) is 0. The molecule has 1 aromatic carbocycles. The molecule has 1 saturated carbocycles. The van der Waals surface area contributed by atoms with Crippen molar-refractivity contribution in [1.29, 1.82) is 0 Å². The second-order valence-corrected chi connectivity index (χ2v) is 4.93. The minimum absolute atomic E-state index is 0.0456. The Morgan fingerprint density at radius 1 is 1.28 bits per heavy atom. The number of aryl methyl sites for hydroxylation is 1. The smallest absolute Gasteiger partial charge is 0.307 e. The van der Waals surface area contributed by atoms with Gasteiger partial charge < -0.3 is 9.84 Å². The van der Waals surface area contributed by atoms with Gasteiger partial charge in [0.15, 0.2) is 5.78 Å². The summed E-state index contributed by atoms with van der Waals surface area (Å²) in [5.74, 6) is -0.872. The summed E-state index contributed by atoms with van der Waals surface area (Å²) in [4.78, 5) is 22.9. The molecule has 4 heteroatoms. The molecule has 0 aromatic heterocycles. The van der Waals surface area contributed by atoms with Crippen LogP contribution >= 0.6 is 0 Å². The summed E-state index contributed by atoms with van der Waals surface area (Å²) in [5, 5.41) is 8.84. The Bertz CT molecular complexity index is 521. The van der Waals surface area contributed by atoms with Crippen LogP contribution in [-0.2, 0) is 11.2 Å². The van der Waals surface area contributed by atoms with Crippen molar-refractivity contribution in [2.24, 2.45) is 11.8 Å². The monoisotopic (exact) mass is 246 g/mol. The standard InChI is InChI=1S/C14H14O4/c15-13(10-7-11(10)14(16)17)9-3-4-12-8(6-9)2-1-5-18-12/h3-4,6,10-11H,1-2,5,7H2,(H,16,17). The largest absolute Gasteiger partial charge is 0.493 e. The zero-order chi connectivity index (χ0) is 12.7. The maximum Gasteiger partial charge on any atom is 0.307 e. The van der Waals surface area contributed by atoms with Gasteiger partial charge in [0, 0.05) is 11.5 Å². The minimum Gasteiger partial charge on any atom is -0.493 e. The summed E-state index contributed by atoms with van der Waals surface area (Å²) >= 11 is 0. The number of carboxylic acid groups (broad SMARTS) is 1. The highest BCUT2D eigenvalue weighted by molar-refractivity contribution is 6.02. The number of Topliss-reactive ketones (excluding diaryl/α,β-unsaturated/α-hetero) is 1. The van der Waals surface area contributed by atoms with Crippen LogP contribution in [0.15, 0.2) is 18.2 Å². The second-order valence-electron chi connectivity index (χ2n) is 4.93. The van der Waals surface area contributed by atoms with Crippen LogP contribution in [0.5, 0.6) is 5.75 Å². The van der Waals surface area contributed by atoms with Gasteiger partial charge in [0.1, 0.15) is 5.75 Å². The summed E-state index contributed by atoms with van der Waals surface area (Å²) < 4.78 is 5.49. The molecule has 3 rings (SSSR count). The lowest BCUT2D eigenvalue weighted by Gasteiger charge is -2.17. The molecule has 0 saturated heterocycles. The number of ether oxygens (including phenoxy) is 1. The predicted octanol–water partition coefficient (Wildman–Crippen LogP) is 1.92. The molecule has 18 heavy (non-hydrogen) atoms. The van der Waals surface area contributed by atoms with Gasteiger partial charge >= 0.3 is 5.97 Å². The first-order chi connectivity index (χ1) is 8.66. The number of ketones is 1. The van der Waals surface area contributed by atoms with E-state index in [4.69, 9.17) is 9.84 Å². The third-order valence-electron chi connectivity index (χ3n) is 3.64. The van der Waals surface area contributed by atoms with Crippen molar-refractivity contribution in [3.8, 4) is 5.75 Å². The van der Waals surface area contributed by atoms with Crippen molar-refractivity contribution >= 4 is 11.8 Å². The van der Waals surface area contributed by atoms with Gasteiger partial charge in [-0.2, -0.15) is 0 Å². The molecular weight excluding hydrogens is 232 g/mol. The normalized spacial score (nSPS) is 24.9. The SMILES string of the molecule is O=C(O)C1CC1C(=O)c1ccc2c(c1)CCCO2. The first kappa shape index (κ1) is 11.3. The van der Waals surface area contributed by atoms with Crippen molar-refractivity contribution in [1.82, 2.24) is 0 Å². The van der Waals surface area contributed by atoms with E-state index in [2.05, 4.69) is 0 Å². The number of hydrogen-bond acceptors (Lipinski definition) is 3. The van der Waals surface area contributed by atoms with Gasteiger partial charge in [-0.1, -0.05) is 0 Å². The molecule has 2 aliphatic rings. The molecule has 1 fully saturated rings. The molecule has 2 atom stereocenters. The zero-order valence-corrected chi connectivity index (χ0v) is 9.89. The topological polar surface area (TPSA) is 63.6 Å². The van der Waals surface area contributed by atoms with Crippen molar-refractivity contribution < 1.29 is 19.4 Å². The zero-order valence-electron chi connectivity index (χ0n) is 9.89. The number of carbonyl (C=O) groups is 2. The lowest BCUT2D eigenvalue weighted by Crippen LogP contribution is -2.11. The minimum atomic E-state index is -0.866. The summed E-state index contributed by atoms with van der Waals surface area (Å²) in [6.07, 6.45) is 2.36. The van der Waals surface area contributed by atoms with E-state index >= 15 is 0 Å². The molecule has 94 valence electrons. The maximum atomic E-state index is 12.1. The van der Waals surface area contributed by atoms with Crippen molar-refractivity contribution in [3.63, 3.8) is 0 Å². The van der Waals surface area contributed by atoms with Crippen LogP contribution in [-0.4, -0.2) is 23.5 Å². The second kappa shape index (κ2) is 4.12. The highest BCUT2D eigenvalue weighted by Crippen LogP contribution is 2.41. The van der Waals surface area contributed by atoms with Crippen LogP contribution < -0.4 is 4.74 Å². The van der Waals surface area contributed by atoms with E-state index in [-0.39, 0.29) is 11.7 Å². The Kier molecular flexibility index (Phi) is 2.58. The van der Waals surface area contributed by atoms with Crippen LogP contribution in [0.4, 0.5) is 0 Å². The van der Waals surface area contributed by atoms with Gasteiger partial charge in [-0.15, -0.1) is 0 Å². The van der Waals surface area contributed by atoms with Gasteiger partial charge in [0.2, 0.25) is 0 Å². The summed E-state index contributed by atoms with van der Waals surface area (Å²) in [6, 6.07) is 5.41. The third kappa shape index (κ3) is 1.88. The highest BCUT2D eigenvalue weighted by atomic mass is 16.5. The van der Waals surface area contributed by atoms with Crippen molar-refractivity contribution in [3.05, 3.63) is 29.3 Å². The summed E-state index contributed by atoms with van der Waals surface area (Å²) in [5.41, 5.74) is 1.67. The molecule has 4 nitrogen and oxygen atoms in total. The Morgan fingerprint density at radius 2 is 2.11 bits per heavy atom. The molecule has 2 unspecified atom stereocenters. The Hall–Kier alpha value is -1.84. The van der Waals surface area contributed by atoms with Crippen LogP contribution in [0.2, 0.25) is 0 Å². The van der Waals surface area contributed by atoms with Crippen LogP contribution in [0.25, 0.3) is 0 Å². The molecule has 0 radical (unpaired) electrons. The molecular formula is C14H14O4. The van der Waals surface area contributed by atoms with E-state index < -0.39 is 11.9 Å². The molecule has 0 amide bonds. The molecule has 0 spiro atoms. The fourth-order valence-corrected chi connectivity index (χ4v) is 2.49. The van der Waals surface area contributed by atoms with Gasteiger partial charge in [0.05, 0.1) is 12.5 Å². The molecule has 1 N–H and O–H groups in total. The number of carboxylic acids is 1. The lowest BCUT2D eigenvalue weighted by atomic mass is 9.99. The molecule has 1 aliphatic carbocycles. The quantitative estimate of drug-likeness (QED) is 0.827. The van der Waals surface area contributed by atoms with E-state index in [1.807, 2.05) is 12.1 Å². The van der Waals surface area contributed by atoms with E-state index in [0.29, 0.717) is 12.0 Å². The van der Waals surface area contributed by atoms with Crippen molar-refractivity contribution in [2.45, 2.75) is 19.3 Å². The van der Waals surface area contributed by atoms with Crippen LogP contribution in [0.3, 0.4) is 0 Å². The van der Waals surface area contributed by atoms with E-state index in [9.17, 15) is 9.59 Å². The number of rotatable bonds is 3. The Balaban J connectivity index is 1.81. The number of hydrogen-bond donors (Lipinski definition) is 1. The van der Waals surface area contributed by atoms with Crippen molar-refractivity contribution in [2.75, 3.05) is 6.61 Å². The van der Waals surface area contributed by atoms with Gasteiger partial charge in [0.25, 0.3) is 0 Å². The first-order valence-corrected chi connectivity index (χ1v) is 6.19. The van der Waals surface area contributed by atoms with Gasteiger partial charge in [-0.3, -0.25) is 9.59 Å². The first-order valence-electron chi connectivity index (χ1n) is 6.19. The Morgan fingerprint density at radius 3 is 2.83 bits per heavy atom. The lowest BCUT2D eigenvalue weighted by molar-refractivity contribution is -0.138. The average molecular weight is 246 g/mol. The molecule has 1 aliphatic heterocycles. The fourth-order valence-electron chi connectivity index (χ4n) is 2.49. The van der Waals surface area contributed by atoms with Crippen LogP contribution in [0, 0.1) is 11.8 Å². The van der Waals surface area contributed by atoms with E-state index in [0.717, 1.165) is 30.8 Å². The van der Waals surface area contributed by atoms with Gasteiger partial charge in [-0.25, -0.2) is 0 Å². The number of benzene rings is 1. The third-order valence-corrected chi connectivity index (χ3v) is 3.64. The number of fused-ring (bicyclic) bond motifs is 1. The van der Waals surface area contributed by atoms with Crippen LogP contribution in [0.1, 0.15) is 28.8 Å². The molecule has 1 heterocycles. The predicted molar refractivity (Wildman–Crippen MR) is 63.8 cm³/mol. The van der Waals surface area contributed by atoms with Gasteiger partial charge in [-0.05, 0) is 43.0 Å². The average Bonchev–Trinajstić information content (AvgIpc) is 3.17. The summed E-state index contributed by atoms with van der Waals surface area (Å²) in [6.45, 7) is 0.726. The van der Waals surface area contributed by atoms with E-state index in [1.165, 1.54) is 0 Å². The maximum absolute atomic E-state index is 12.1. The Labute approximate surface area is 105 Å². The number of aliphatic carboxylic acids is 1. The molecule has 0 bridgehead atoms. The highest BCUT2D eigenvalue weighted by Gasteiger charge is 2.48. The number of carbonyl (C=O) groups excluding carboxylic acids is 1.